The van der Waals surface area contributed by atoms with Crippen LogP contribution in [0.1, 0.15) is 26.3 Å². The molecular formula is C22H34Cl2N4O4. The second-order valence-electron chi connectivity index (χ2n) is 7.60. The quantitative estimate of drug-likeness (QED) is 0.271. The molecule has 32 heavy (non-hydrogen) atoms. The van der Waals surface area contributed by atoms with Crippen LogP contribution in [0.15, 0.2) is 24.3 Å². The summed E-state index contributed by atoms with van der Waals surface area (Å²) in [5.74, 6) is -0.557. The number of nitrogens with two attached hydrogens (primary N) is 1. The van der Waals surface area contributed by atoms with Crippen LogP contribution in [0.4, 0.5) is 5.69 Å². The Kier molecular flexibility index (Phi) is 13.1. The van der Waals surface area contributed by atoms with Crippen LogP contribution in [0.5, 0.6) is 0 Å². The van der Waals surface area contributed by atoms with Crippen LogP contribution in [0.25, 0.3) is 0 Å². The molecule has 0 radical (unpaired) electrons. The molecule has 0 aromatic heterocycles. The molecule has 8 nitrogen and oxygen atoms in total. The molecule has 1 aromatic carbocycles. The van der Waals surface area contributed by atoms with Crippen LogP contribution in [-0.2, 0) is 25.5 Å². The molecule has 1 aromatic rings. The number of hydrogen-bond donors (Lipinski definition) is 3. The monoisotopic (exact) mass is 488 g/mol. The highest BCUT2D eigenvalue weighted by Gasteiger charge is 2.24. The van der Waals surface area contributed by atoms with E-state index in [1.165, 1.54) is 0 Å². The summed E-state index contributed by atoms with van der Waals surface area (Å²) >= 11 is 11.7. The van der Waals surface area contributed by atoms with Gasteiger partial charge in [-0.25, -0.2) is 4.79 Å². The Morgan fingerprint density at radius 2 is 1.69 bits per heavy atom. The fourth-order valence-corrected chi connectivity index (χ4v) is 3.33. The highest BCUT2D eigenvalue weighted by Crippen LogP contribution is 2.17. The van der Waals surface area contributed by atoms with Gasteiger partial charge in [-0.2, -0.15) is 0 Å². The Morgan fingerprint density at radius 3 is 2.19 bits per heavy atom. The number of carbonyl (C=O) groups is 3. The van der Waals surface area contributed by atoms with Gasteiger partial charge >= 0.3 is 5.97 Å². The molecule has 180 valence electrons. The highest BCUT2D eigenvalue weighted by molar-refractivity contribution is 6.18. The van der Waals surface area contributed by atoms with Gasteiger partial charge in [0.2, 0.25) is 11.8 Å². The van der Waals surface area contributed by atoms with E-state index >= 15 is 0 Å². The summed E-state index contributed by atoms with van der Waals surface area (Å²) in [5, 5.41) is 5.13. The zero-order valence-corrected chi connectivity index (χ0v) is 20.4. The number of benzene rings is 1. The predicted molar refractivity (Wildman–Crippen MR) is 128 cm³/mol. The summed E-state index contributed by atoms with van der Waals surface area (Å²) in [6.07, 6.45) is 0.245. The maximum atomic E-state index is 12.4. The second kappa shape index (κ2) is 14.9. The van der Waals surface area contributed by atoms with Crippen LogP contribution in [0, 0.1) is 5.92 Å². The Labute approximate surface area is 200 Å². The smallest absolute Gasteiger partial charge is 0.328 e. The van der Waals surface area contributed by atoms with Crippen molar-refractivity contribution in [3.8, 4) is 0 Å². The van der Waals surface area contributed by atoms with Gasteiger partial charge in [-0.3, -0.25) is 9.59 Å². The SMILES string of the molecule is CCOC(=O)[C@H](Cc1ccc(N(CCCl)CCCl)cc1)NC(=O)CNC(=O)[C@@H](N)C(C)C. The first-order chi connectivity index (χ1) is 15.2. The number of rotatable bonds is 14. The van der Waals surface area contributed by atoms with Gasteiger partial charge in [0.05, 0.1) is 19.2 Å². The third kappa shape index (κ3) is 9.63. The van der Waals surface area contributed by atoms with Crippen LogP contribution in [0.3, 0.4) is 0 Å². The third-order valence-corrected chi connectivity index (χ3v) is 5.14. The fraction of sp³-hybridized carbons (Fsp3) is 0.591. The van der Waals surface area contributed by atoms with Crippen molar-refractivity contribution in [1.29, 1.82) is 0 Å². The van der Waals surface area contributed by atoms with Crippen molar-refractivity contribution in [1.82, 2.24) is 10.6 Å². The zero-order valence-electron chi connectivity index (χ0n) is 18.9. The molecule has 0 bridgehead atoms. The summed E-state index contributed by atoms with van der Waals surface area (Å²) in [4.78, 5) is 38.7. The van der Waals surface area contributed by atoms with E-state index in [1.54, 1.807) is 6.92 Å². The maximum Gasteiger partial charge on any atom is 0.328 e. The molecule has 0 heterocycles. The van der Waals surface area contributed by atoms with Crippen LogP contribution >= 0.6 is 23.2 Å². The average molecular weight is 489 g/mol. The van der Waals surface area contributed by atoms with Crippen molar-refractivity contribution in [3.63, 3.8) is 0 Å². The van der Waals surface area contributed by atoms with Crippen molar-refractivity contribution < 1.29 is 19.1 Å². The topological polar surface area (TPSA) is 114 Å². The molecule has 0 saturated carbocycles. The van der Waals surface area contributed by atoms with E-state index in [0.29, 0.717) is 24.8 Å². The van der Waals surface area contributed by atoms with Gasteiger partial charge in [-0.05, 0) is 30.5 Å². The first kappa shape index (κ1) is 28.0. The number of nitrogens with one attached hydrogen (secondary N) is 2. The molecule has 0 aliphatic rings. The fourth-order valence-electron chi connectivity index (χ4n) is 2.92. The van der Waals surface area contributed by atoms with E-state index in [4.69, 9.17) is 33.7 Å². The summed E-state index contributed by atoms with van der Waals surface area (Å²) in [7, 11) is 0. The van der Waals surface area contributed by atoms with Crippen molar-refractivity contribution in [2.45, 2.75) is 39.3 Å². The van der Waals surface area contributed by atoms with E-state index in [2.05, 4.69) is 15.5 Å². The van der Waals surface area contributed by atoms with E-state index < -0.39 is 29.9 Å². The van der Waals surface area contributed by atoms with Gasteiger partial charge in [0.1, 0.15) is 6.04 Å². The van der Waals surface area contributed by atoms with Crippen LogP contribution < -0.4 is 21.3 Å². The number of esters is 1. The minimum Gasteiger partial charge on any atom is -0.464 e. The molecule has 0 fully saturated rings. The Bertz CT molecular complexity index is 725. The lowest BCUT2D eigenvalue weighted by molar-refractivity contribution is -0.147. The molecule has 0 aliphatic heterocycles. The lowest BCUT2D eigenvalue weighted by Crippen LogP contribution is -2.50. The van der Waals surface area contributed by atoms with Gasteiger partial charge in [0.25, 0.3) is 0 Å². The number of hydrogen-bond acceptors (Lipinski definition) is 6. The number of ether oxygens (including phenoxy) is 1. The van der Waals surface area contributed by atoms with Gasteiger partial charge in [-0.15, -0.1) is 23.2 Å². The number of nitrogens with zero attached hydrogens (tertiary/aromatic N) is 1. The molecular weight excluding hydrogens is 455 g/mol. The Hall–Kier alpha value is -2.03. The molecule has 0 spiro atoms. The van der Waals surface area contributed by atoms with Gasteiger partial charge in [-0.1, -0.05) is 26.0 Å². The second-order valence-corrected chi connectivity index (χ2v) is 8.35. The van der Waals surface area contributed by atoms with E-state index in [0.717, 1.165) is 11.3 Å². The first-order valence-corrected chi connectivity index (χ1v) is 11.7. The third-order valence-electron chi connectivity index (χ3n) is 4.80. The number of halogens is 2. The lowest BCUT2D eigenvalue weighted by Gasteiger charge is -2.23. The van der Waals surface area contributed by atoms with Gasteiger partial charge in [0.15, 0.2) is 0 Å². The maximum absolute atomic E-state index is 12.4. The van der Waals surface area contributed by atoms with Crippen molar-refractivity contribution in [2.75, 3.05) is 42.9 Å². The van der Waals surface area contributed by atoms with E-state index in [9.17, 15) is 14.4 Å². The first-order valence-electron chi connectivity index (χ1n) is 10.7. The number of amides is 2. The number of carbonyl (C=O) groups excluding carboxylic acids is 3. The summed E-state index contributed by atoms with van der Waals surface area (Å²) in [5.41, 5.74) is 7.58. The highest BCUT2D eigenvalue weighted by atomic mass is 35.5. The standard InChI is InChI=1S/C22H34Cl2N4O4/c1-4-32-22(31)18(27-19(29)14-26-21(30)20(25)15(2)3)13-16-5-7-17(8-6-16)28(11-9-23)12-10-24/h5-8,15,18,20H,4,9-14,25H2,1-3H3,(H,26,30)(H,27,29)/t18-,20-/m0/s1. The molecule has 4 N–H and O–H groups in total. The zero-order chi connectivity index (χ0) is 24.1. The molecule has 1 rings (SSSR count). The number of alkyl halides is 2. The largest absolute Gasteiger partial charge is 0.464 e. The number of anilines is 1. The molecule has 2 atom stereocenters. The van der Waals surface area contributed by atoms with Gasteiger partial charge in [0, 0.05) is 37.0 Å². The molecule has 0 saturated heterocycles. The predicted octanol–water partition coefficient (Wildman–Crippen LogP) is 1.66. The normalized spacial score (nSPS) is 12.7. The van der Waals surface area contributed by atoms with Gasteiger partial charge < -0.3 is 26.0 Å². The van der Waals surface area contributed by atoms with Crippen molar-refractivity contribution in [2.24, 2.45) is 11.7 Å². The molecule has 10 heteroatoms. The lowest BCUT2D eigenvalue weighted by atomic mass is 10.0. The van der Waals surface area contributed by atoms with E-state index in [1.807, 2.05) is 38.1 Å². The van der Waals surface area contributed by atoms with Crippen LogP contribution in [-0.4, -0.2) is 67.9 Å². The van der Waals surface area contributed by atoms with E-state index in [-0.39, 0.29) is 25.5 Å². The summed E-state index contributed by atoms with van der Waals surface area (Å²) in [6.45, 7) is 6.58. The van der Waals surface area contributed by atoms with Crippen LogP contribution in [0.2, 0.25) is 0 Å². The Balaban J connectivity index is 2.80. The average Bonchev–Trinajstić information content (AvgIpc) is 2.77. The minimum absolute atomic E-state index is 0.0573. The molecule has 0 unspecified atom stereocenters. The molecule has 0 aliphatic carbocycles. The summed E-state index contributed by atoms with van der Waals surface area (Å²) < 4.78 is 5.10. The van der Waals surface area contributed by atoms with Crippen molar-refractivity contribution >= 4 is 46.7 Å². The molecule has 2 amide bonds. The Morgan fingerprint density at radius 1 is 1.09 bits per heavy atom. The minimum atomic E-state index is -0.884. The van der Waals surface area contributed by atoms with Crippen molar-refractivity contribution in [3.05, 3.63) is 29.8 Å². The summed E-state index contributed by atoms with van der Waals surface area (Å²) in [6, 6.07) is 6.02.